The summed E-state index contributed by atoms with van der Waals surface area (Å²) in [6.45, 7) is 0.922. The van der Waals surface area contributed by atoms with Crippen LogP contribution in [-0.2, 0) is 16.2 Å². The van der Waals surface area contributed by atoms with Gasteiger partial charge in [0.2, 0.25) is 10.0 Å². The first-order valence-corrected chi connectivity index (χ1v) is 10.6. The van der Waals surface area contributed by atoms with E-state index < -0.39 is 37.5 Å². The van der Waals surface area contributed by atoms with Crippen LogP contribution >= 0.6 is 0 Å². The second-order valence-electron chi connectivity index (χ2n) is 6.90. The van der Waals surface area contributed by atoms with Crippen molar-refractivity contribution < 1.29 is 31.3 Å². The predicted molar refractivity (Wildman–Crippen MR) is 104 cm³/mol. The molecule has 2 aromatic rings. The number of hydrogen-bond acceptors (Lipinski definition) is 5. The Labute approximate surface area is 176 Å². The summed E-state index contributed by atoms with van der Waals surface area (Å²) in [6.07, 6.45) is -4.83. The first-order chi connectivity index (χ1) is 14.4. The number of carbonyl (C=O) groups is 1. The van der Waals surface area contributed by atoms with Crippen molar-refractivity contribution >= 4 is 21.6 Å². The topological polar surface area (TPSA) is 101 Å². The smallest absolute Gasteiger partial charge is 0.336 e. The van der Waals surface area contributed by atoms with Crippen molar-refractivity contribution in [1.29, 1.82) is 0 Å². The molecule has 1 aliphatic rings. The average molecular weight is 457 g/mol. The minimum Gasteiger partial charge on any atom is -0.336 e. The number of rotatable bonds is 4. The number of hydrogen-bond donors (Lipinski definition) is 0. The van der Waals surface area contributed by atoms with E-state index in [-0.39, 0.29) is 43.0 Å². The molecule has 0 saturated carbocycles. The molecule has 12 heteroatoms. The van der Waals surface area contributed by atoms with E-state index in [2.05, 4.69) is 0 Å². The van der Waals surface area contributed by atoms with Gasteiger partial charge in [0, 0.05) is 43.4 Å². The van der Waals surface area contributed by atoms with Gasteiger partial charge in [-0.1, -0.05) is 18.2 Å². The molecule has 0 N–H and O–H groups in total. The van der Waals surface area contributed by atoms with Crippen LogP contribution in [0.2, 0.25) is 0 Å². The van der Waals surface area contributed by atoms with Crippen LogP contribution in [0.1, 0.15) is 21.5 Å². The highest BCUT2D eigenvalue weighted by molar-refractivity contribution is 7.89. The number of nitrogens with zero attached hydrogens (tertiary/aromatic N) is 3. The maximum absolute atomic E-state index is 13.2. The lowest BCUT2D eigenvalue weighted by Gasteiger charge is -2.34. The zero-order valence-electron chi connectivity index (χ0n) is 16.3. The Morgan fingerprint density at radius 3 is 2.23 bits per heavy atom. The molecule has 0 bridgehead atoms. The average Bonchev–Trinajstić information content (AvgIpc) is 2.72. The molecule has 1 fully saturated rings. The molecule has 0 aromatic heterocycles. The quantitative estimate of drug-likeness (QED) is 0.519. The summed E-state index contributed by atoms with van der Waals surface area (Å²) in [4.78, 5) is 23.8. The minimum absolute atomic E-state index is 0.0611. The molecule has 0 spiro atoms. The van der Waals surface area contributed by atoms with Gasteiger partial charge in [-0.2, -0.15) is 17.5 Å². The first kappa shape index (κ1) is 22.7. The second-order valence-corrected chi connectivity index (χ2v) is 8.80. The lowest BCUT2D eigenvalue weighted by Crippen LogP contribution is -2.50. The SMILES string of the molecule is Cc1c(C(=O)N2CCN(S(=O)(=O)c3ccccc3C(F)(F)F)CC2)cccc1[N+](=O)[O-]. The van der Waals surface area contributed by atoms with E-state index in [1.807, 2.05) is 0 Å². The van der Waals surface area contributed by atoms with Gasteiger partial charge < -0.3 is 4.90 Å². The normalized spacial score (nSPS) is 15.7. The number of amides is 1. The molecule has 0 radical (unpaired) electrons. The Kier molecular flexibility index (Phi) is 6.05. The van der Waals surface area contributed by atoms with Gasteiger partial charge in [-0.05, 0) is 25.1 Å². The fraction of sp³-hybridized carbons (Fsp3) is 0.316. The van der Waals surface area contributed by atoms with Crippen molar-refractivity contribution in [3.05, 3.63) is 69.3 Å². The highest BCUT2D eigenvalue weighted by Crippen LogP contribution is 2.35. The van der Waals surface area contributed by atoms with Gasteiger partial charge in [-0.15, -0.1) is 0 Å². The first-order valence-electron chi connectivity index (χ1n) is 9.14. The summed E-state index contributed by atoms with van der Waals surface area (Å²) in [5.41, 5.74) is -1.16. The van der Waals surface area contributed by atoms with Crippen molar-refractivity contribution in [2.75, 3.05) is 26.2 Å². The number of benzene rings is 2. The van der Waals surface area contributed by atoms with E-state index in [4.69, 9.17) is 0 Å². The predicted octanol–water partition coefficient (Wildman–Crippen LogP) is 3.07. The third kappa shape index (κ3) is 4.39. The zero-order chi connectivity index (χ0) is 23.0. The van der Waals surface area contributed by atoms with Gasteiger partial charge >= 0.3 is 6.18 Å². The Bertz CT molecular complexity index is 1130. The van der Waals surface area contributed by atoms with Crippen LogP contribution in [0.4, 0.5) is 18.9 Å². The highest BCUT2D eigenvalue weighted by atomic mass is 32.2. The third-order valence-electron chi connectivity index (χ3n) is 5.07. The molecule has 1 saturated heterocycles. The molecule has 0 unspecified atom stereocenters. The van der Waals surface area contributed by atoms with Crippen LogP contribution in [0, 0.1) is 17.0 Å². The van der Waals surface area contributed by atoms with Crippen molar-refractivity contribution in [3.63, 3.8) is 0 Å². The maximum atomic E-state index is 13.2. The molecule has 0 atom stereocenters. The Morgan fingerprint density at radius 2 is 1.65 bits per heavy atom. The van der Waals surface area contributed by atoms with Gasteiger partial charge in [0.05, 0.1) is 15.4 Å². The standard InChI is InChI=1S/C19H18F3N3O5S/c1-13-14(5-4-7-16(13)25(27)28)18(26)23-9-11-24(12-10-23)31(29,30)17-8-3-2-6-15(17)19(20,21)22/h2-8H,9-12H2,1H3. The molecule has 166 valence electrons. The van der Waals surface area contributed by atoms with E-state index in [9.17, 15) is 36.5 Å². The summed E-state index contributed by atoms with van der Waals surface area (Å²) < 4.78 is 66.3. The lowest BCUT2D eigenvalue weighted by atomic mass is 10.1. The fourth-order valence-corrected chi connectivity index (χ4v) is 5.05. The lowest BCUT2D eigenvalue weighted by molar-refractivity contribution is -0.385. The van der Waals surface area contributed by atoms with Crippen LogP contribution in [-0.4, -0.2) is 54.6 Å². The third-order valence-corrected chi connectivity index (χ3v) is 7.03. The van der Waals surface area contributed by atoms with Gasteiger partial charge in [0.25, 0.3) is 11.6 Å². The summed E-state index contributed by atoms with van der Waals surface area (Å²) in [5, 5.41) is 11.1. The molecule has 2 aromatic carbocycles. The van der Waals surface area contributed by atoms with Crippen molar-refractivity contribution in [3.8, 4) is 0 Å². The Balaban J connectivity index is 1.80. The zero-order valence-corrected chi connectivity index (χ0v) is 17.1. The molecular weight excluding hydrogens is 439 g/mol. The van der Waals surface area contributed by atoms with E-state index >= 15 is 0 Å². The molecule has 1 amide bonds. The molecule has 1 aliphatic heterocycles. The van der Waals surface area contributed by atoms with Crippen molar-refractivity contribution in [2.45, 2.75) is 18.0 Å². The van der Waals surface area contributed by atoms with Crippen molar-refractivity contribution in [1.82, 2.24) is 9.21 Å². The van der Waals surface area contributed by atoms with E-state index in [0.29, 0.717) is 6.07 Å². The maximum Gasteiger partial charge on any atom is 0.417 e. The van der Waals surface area contributed by atoms with Crippen LogP contribution in [0.5, 0.6) is 0 Å². The Morgan fingerprint density at radius 1 is 1.03 bits per heavy atom. The molecular formula is C19H18F3N3O5S. The second kappa shape index (κ2) is 8.27. The molecule has 1 heterocycles. The summed E-state index contributed by atoms with van der Waals surface area (Å²) in [6, 6.07) is 8.03. The number of piperazine rings is 1. The molecule has 3 rings (SSSR count). The monoisotopic (exact) mass is 457 g/mol. The molecule has 0 aliphatic carbocycles. The van der Waals surface area contributed by atoms with Gasteiger partial charge in [0.1, 0.15) is 0 Å². The Hall–Kier alpha value is -2.99. The number of carbonyl (C=O) groups excluding carboxylic acids is 1. The van der Waals surface area contributed by atoms with E-state index in [1.165, 1.54) is 36.1 Å². The number of nitro benzene ring substituents is 1. The largest absolute Gasteiger partial charge is 0.417 e. The number of nitro groups is 1. The van der Waals surface area contributed by atoms with Gasteiger partial charge in [0.15, 0.2) is 0 Å². The van der Waals surface area contributed by atoms with Gasteiger partial charge in [-0.3, -0.25) is 14.9 Å². The summed E-state index contributed by atoms with van der Waals surface area (Å²) in [7, 11) is -4.43. The summed E-state index contributed by atoms with van der Waals surface area (Å²) in [5.74, 6) is -0.506. The number of alkyl halides is 3. The fourth-order valence-electron chi connectivity index (χ4n) is 3.42. The highest BCUT2D eigenvalue weighted by Gasteiger charge is 2.40. The molecule has 31 heavy (non-hydrogen) atoms. The van der Waals surface area contributed by atoms with Crippen LogP contribution in [0.15, 0.2) is 47.4 Å². The minimum atomic E-state index is -4.83. The number of sulfonamides is 1. The summed E-state index contributed by atoms with van der Waals surface area (Å²) >= 11 is 0. The van der Waals surface area contributed by atoms with Gasteiger partial charge in [-0.25, -0.2) is 8.42 Å². The van der Waals surface area contributed by atoms with E-state index in [0.717, 1.165) is 16.4 Å². The van der Waals surface area contributed by atoms with Crippen LogP contribution < -0.4 is 0 Å². The number of halogens is 3. The van der Waals surface area contributed by atoms with Crippen LogP contribution in [0.25, 0.3) is 0 Å². The van der Waals surface area contributed by atoms with E-state index in [1.54, 1.807) is 0 Å². The molecule has 8 nitrogen and oxygen atoms in total. The van der Waals surface area contributed by atoms with Crippen molar-refractivity contribution in [2.24, 2.45) is 0 Å². The van der Waals surface area contributed by atoms with Crippen LogP contribution in [0.3, 0.4) is 0 Å².